The molecule has 26 heavy (non-hydrogen) atoms. The van der Waals surface area contributed by atoms with Crippen LogP contribution in [0.15, 0.2) is 22.0 Å². The van der Waals surface area contributed by atoms with E-state index in [0.717, 1.165) is 47.2 Å². The van der Waals surface area contributed by atoms with Crippen LogP contribution < -0.4 is 4.74 Å². The molecule has 2 aromatic rings. The summed E-state index contributed by atoms with van der Waals surface area (Å²) in [6.45, 7) is 4.25. The van der Waals surface area contributed by atoms with Crippen molar-refractivity contribution in [2.45, 2.75) is 39.5 Å². The number of hydrogen-bond acceptors (Lipinski definition) is 6. The Balaban J connectivity index is 1.93. The van der Waals surface area contributed by atoms with Crippen molar-refractivity contribution in [3.63, 3.8) is 0 Å². The van der Waals surface area contributed by atoms with Crippen molar-refractivity contribution in [1.82, 2.24) is 4.37 Å². The number of fused-ring (bicyclic) bond motifs is 1. The van der Waals surface area contributed by atoms with Gasteiger partial charge in [0.2, 0.25) is 0 Å². The summed E-state index contributed by atoms with van der Waals surface area (Å²) in [6.07, 6.45) is 4.13. The first-order valence-electron chi connectivity index (χ1n) is 8.84. The molecule has 0 fully saturated rings. The van der Waals surface area contributed by atoms with E-state index in [-0.39, 0.29) is 6.35 Å². The lowest BCUT2D eigenvalue weighted by atomic mass is 9.86. The van der Waals surface area contributed by atoms with Gasteiger partial charge >= 0.3 is 7.60 Å². The number of nitrogens with zero attached hydrogens (tertiary/aromatic N) is 1. The topological polar surface area (TPSA) is 57.7 Å². The second-order valence-corrected chi connectivity index (χ2v) is 9.52. The highest BCUT2D eigenvalue weighted by molar-refractivity contribution is 9.10. The second kappa shape index (κ2) is 8.98. The zero-order valence-corrected chi connectivity index (χ0v) is 18.3. The third-order valence-corrected chi connectivity index (χ3v) is 7.22. The summed E-state index contributed by atoms with van der Waals surface area (Å²) < 4.78 is 34.8. The summed E-state index contributed by atoms with van der Waals surface area (Å²) in [4.78, 5) is 0. The molecule has 1 aliphatic carbocycles. The molecule has 0 amide bonds. The molecule has 5 nitrogen and oxygen atoms in total. The molecule has 0 radical (unpaired) electrons. The van der Waals surface area contributed by atoms with Gasteiger partial charge in [0.05, 0.1) is 18.9 Å². The van der Waals surface area contributed by atoms with Gasteiger partial charge < -0.3 is 13.8 Å². The first kappa shape index (κ1) is 20.0. The fourth-order valence-corrected chi connectivity index (χ4v) is 5.75. The Bertz CT molecular complexity index is 787. The van der Waals surface area contributed by atoms with Crippen molar-refractivity contribution in [3.05, 3.63) is 33.1 Å². The Kier molecular flexibility index (Phi) is 6.92. The average Bonchev–Trinajstić information content (AvgIpc) is 3.14. The molecule has 0 bridgehead atoms. The lowest BCUT2D eigenvalue weighted by Gasteiger charge is -2.24. The minimum absolute atomic E-state index is 0.0798. The molecule has 0 atom stereocenters. The van der Waals surface area contributed by atoms with Gasteiger partial charge in [-0.3, -0.25) is 4.57 Å². The minimum Gasteiger partial charge on any atom is -0.481 e. The largest absolute Gasteiger partial charge is 0.481 e. The van der Waals surface area contributed by atoms with Crippen LogP contribution in [0.1, 0.15) is 37.8 Å². The first-order valence-corrected chi connectivity index (χ1v) is 12.2. The van der Waals surface area contributed by atoms with Crippen LogP contribution in [0, 0.1) is 0 Å². The molecule has 8 heteroatoms. The zero-order valence-electron chi connectivity index (χ0n) is 15.0. The molecule has 1 aromatic heterocycles. The fraction of sp³-hybridized carbons (Fsp3) is 0.500. The fourth-order valence-electron chi connectivity index (χ4n) is 3.27. The monoisotopic (exact) mass is 459 g/mol. The summed E-state index contributed by atoms with van der Waals surface area (Å²) in [5, 5.41) is 1.99. The van der Waals surface area contributed by atoms with Crippen molar-refractivity contribution in [2.24, 2.45) is 0 Å². The minimum atomic E-state index is -3.24. The van der Waals surface area contributed by atoms with E-state index in [1.807, 2.05) is 17.5 Å². The van der Waals surface area contributed by atoms with Crippen LogP contribution in [-0.2, 0) is 26.5 Å². The van der Waals surface area contributed by atoms with E-state index in [1.54, 1.807) is 13.8 Å². The molecule has 0 unspecified atom stereocenters. The Morgan fingerprint density at radius 1 is 1.19 bits per heavy atom. The van der Waals surface area contributed by atoms with E-state index in [1.165, 1.54) is 22.7 Å². The molecular weight excluding hydrogens is 437 g/mol. The van der Waals surface area contributed by atoms with Crippen molar-refractivity contribution < 1.29 is 18.3 Å². The third kappa shape index (κ3) is 4.39. The van der Waals surface area contributed by atoms with Crippen LogP contribution in [0.3, 0.4) is 0 Å². The Morgan fingerprint density at radius 3 is 2.50 bits per heavy atom. The molecule has 1 aromatic carbocycles. The zero-order chi connectivity index (χ0) is 18.6. The summed E-state index contributed by atoms with van der Waals surface area (Å²) >= 11 is 5.13. The van der Waals surface area contributed by atoms with E-state index in [2.05, 4.69) is 20.3 Å². The molecule has 142 valence electrons. The quantitative estimate of drug-likeness (QED) is 0.449. The number of aromatic nitrogens is 1. The van der Waals surface area contributed by atoms with Gasteiger partial charge in [-0.05, 0) is 90.3 Å². The molecule has 0 aliphatic heterocycles. The number of ether oxygens (including phenoxy) is 1. The highest BCUT2D eigenvalue weighted by atomic mass is 79.9. The summed E-state index contributed by atoms with van der Waals surface area (Å²) in [7, 11) is -3.24. The molecule has 1 aliphatic rings. The van der Waals surface area contributed by atoms with Gasteiger partial charge in [0.25, 0.3) is 0 Å². The molecule has 0 spiro atoms. The van der Waals surface area contributed by atoms with Gasteiger partial charge in [0.1, 0.15) is 5.75 Å². The van der Waals surface area contributed by atoms with Crippen molar-refractivity contribution in [1.29, 1.82) is 0 Å². The Morgan fingerprint density at radius 2 is 1.88 bits per heavy atom. The summed E-state index contributed by atoms with van der Waals surface area (Å²) in [6, 6.07) is 4.00. The maximum atomic E-state index is 12.7. The summed E-state index contributed by atoms with van der Waals surface area (Å²) in [5.74, 6) is 0.755. The predicted octanol–water partition coefficient (Wildman–Crippen LogP) is 6.05. The molecule has 1 heterocycles. The predicted molar refractivity (Wildman–Crippen MR) is 108 cm³/mol. The summed E-state index contributed by atoms with van der Waals surface area (Å²) in [5.41, 5.74) is 4.59. The van der Waals surface area contributed by atoms with Crippen LogP contribution >= 0.6 is 35.1 Å². The van der Waals surface area contributed by atoms with Crippen LogP contribution in [0.5, 0.6) is 5.75 Å². The number of hydrogen-bond donors (Lipinski definition) is 0. The van der Waals surface area contributed by atoms with Gasteiger partial charge in [-0.25, -0.2) is 0 Å². The SMILES string of the molecule is CCOP(=O)(COc1cc(Br)c(-c2ccsn2)c2c1CCCC2)OCC. The maximum Gasteiger partial charge on any atom is 0.367 e. The molecule has 0 saturated carbocycles. The number of benzene rings is 1. The molecule has 0 N–H and O–H groups in total. The highest BCUT2D eigenvalue weighted by Crippen LogP contribution is 2.49. The van der Waals surface area contributed by atoms with Crippen LogP contribution in [-0.4, -0.2) is 23.9 Å². The van der Waals surface area contributed by atoms with Crippen molar-refractivity contribution >= 4 is 35.1 Å². The molecule has 3 rings (SSSR count). The number of halogens is 1. The standard InChI is InChI=1S/C18H23BrNO4PS/c1-3-23-25(21,24-4-2)12-22-17-11-15(19)18(16-9-10-26-20-16)14-8-6-5-7-13(14)17/h9-11H,3-8,12H2,1-2H3. The molecular formula is C18H23BrNO4PS. The highest BCUT2D eigenvalue weighted by Gasteiger charge is 2.27. The van der Waals surface area contributed by atoms with Crippen LogP contribution in [0.2, 0.25) is 0 Å². The van der Waals surface area contributed by atoms with Crippen molar-refractivity contribution in [2.75, 3.05) is 19.6 Å². The normalized spacial score (nSPS) is 14.3. The van der Waals surface area contributed by atoms with Gasteiger partial charge in [-0.2, -0.15) is 4.37 Å². The van der Waals surface area contributed by atoms with E-state index < -0.39 is 7.60 Å². The average molecular weight is 460 g/mol. The lowest BCUT2D eigenvalue weighted by Crippen LogP contribution is -2.11. The van der Waals surface area contributed by atoms with Crippen molar-refractivity contribution in [3.8, 4) is 17.0 Å². The lowest BCUT2D eigenvalue weighted by molar-refractivity contribution is 0.196. The van der Waals surface area contributed by atoms with Gasteiger partial charge in [-0.15, -0.1) is 0 Å². The third-order valence-electron chi connectivity index (χ3n) is 4.29. The van der Waals surface area contributed by atoms with Gasteiger partial charge in [-0.1, -0.05) is 0 Å². The second-order valence-electron chi connectivity index (χ2n) is 6.00. The smallest absolute Gasteiger partial charge is 0.367 e. The van der Waals surface area contributed by atoms with Gasteiger partial charge in [0, 0.05) is 15.4 Å². The van der Waals surface area contributed by atoms with E-state index >= 15 is 0 Å². The van der Waals surface area contributed by atoms with E-state index in [4.69, 9.17) is 13.8 Å². The Labute approximate surface area is 166 Å². The first-order chi connectivity index (χ1) is 12.6. The van der Waals surface area contributed by atoms with Crippen LogP contribution in [0.4, 0.5) is 0 Å². The number of rotatable bonds is 8. The maximum absolute atomic E-state index is 12.7. The van der Waals surface area contributed by atoms with Crippen LogP contribution in [0.25, 0.3) is 11.3 Å². The molecule has 0 saturated heterocycles. The Hall–Kier alpha value is -0.720. The van der Waals surface area contributed by atoms with E-state index in [9.17, 15) is 4.57 Å². The van der Waals surface area contributed by atoms with Gasteiger partial charge in [0.15, 0.2) is 6.35 Å². The van der Waals surface area contributed by atoms with E-state index in [0.29, 0.717) is 13.2 Å².